The lowest BCUT2D eigenvalue weighted by Gasteiger charge is -2.13. The highest BCUT2D eigenvalue weighted by molar-refractivity contribution is 5.92. The summed E-state index contributed by atoms with van der Waals surface area (Å²) >= 11 is 0. The predicted octanol–water partition coefficient (Wildman–Crippen LogP) is 2.80. The molecule has 0 fully saturated rings. The Hall–Kier alpha value is -3.47. The fourth-order valence-corrected chi connectivity index (χ4v) is 2.44. The first-order valence-electron chi connectivity index (χ1n) is 8.81. The lowest BCUT2D eigenvalue weighted by molar-refractivity contribution is -0.137. The molecule has 2 N–H and O–H groups in total. The quantitative estimate of drug-likeness (QED) is 0.635. The van der Waals surface area contributed by atoms with E-state index in [1.165, 1.54) is 10.9 Å². The number of nitrogens with one attached hydrogen (secondary N) is 1. The molecule has 1 aromatic carbocycles. The third-order valence-corrected chi connectivity index (χ3v) is 3.98. The number of alkyl halides is 3. The van der Waals surface area contributed by atoms with Gasteiger partial charge in [0.1, 0.15) is 17.1 Å². The molecule has 0 unspecified atom stereocenters. The van der Waals surface area contributed by atoms with Crippen molar-refractivity contribution in [2.45, 2.75) is 19.1 Å². The van der Waals surface area contributed by atoms with Crippen molar-refractivity contribution in [1.29, 1.82) is 0 Å². The first kappa shape index (κ1) is 21.2. The van der Waals surface area contributed by atoms with E-state index in [2.05, 4.69) is 20.4 Å². The summed E-state index contributed by atoms with van der Waals surface area (Å²) in [5.41, 5.74) is -0.344. The van der Waals surface area contributed by atoms with E-state index in [9.17, 15) is 18.0 Å². The third kappa shape index (κ3) is 4.92. The molecule has 0 aliphatic carbocycles. The second kappa shape index (κ2) is 8.49. The van der Waals surface area contributed by atoms with Crippen LogP contribution in [0, 0.1) is 0 Å². The maximum absolute atomic E-state index is 12.7. The van der Waals surface area contributed by atoms with Crippen LogP contribution in [0.5, 0.6) is 11.6 Å². The fraction of sp³-hybridized carbons (Fsp3) is 0.263. The summed E-state index contributed by atoms with van der Waals surface area (Å²) in [5.74, 6) is -0.469. The molecule has 2 aromatic heterocycles. The molecule has 0 saturated heterocycles. The van der Waals surface area contributed by atoms with E-state index in [0.29, 0.717) is 5.69 Å². The van der Waals surface area contributed by atoms with Gasteiger partial charge in [-0.05, 0) is 37.3 Å². The van der Waals surface area contributed by atoms with Crippen LogP contribution in [-0.2, 0) is 13.2 Å². The van der Waals surface area contributed by atoms with E-state index in [1.807, 2.05) is 0 Å². The van der Waals surface area contributed by atoms with Gasteiger partial charge in [0.05, 0.1) is 18.4 Å². The zero-order chi connectivity index (χ0) is 21.9. The van der Waals surface area contributed by atoms with Crippen molar-refractivity contribution in [3.05, 3.63) is 54.0 Å². The van der Waals surface area contributed by atoms with E-state index in [-0.39, 0.29) is 29.6 Å². The number of halogens is 3. The van der Waals surface area contributed by atoms with Crippen LogP contribution < -0.4 is 10.1 Å². The summed E-state index contributed by atoms with van der Waals surface area (Å²) in [6, 6.07) is 5.25. The highest BCUT2D eigenvalue weighted by Gasteiger charge is 2.30. The minimum absolute atomic E-state index is 0.0276. The number of amides is 1. The number of hydrogen-bond donors (Lipinski definition) is 2. The molecule has 0 aliphatic heterocycles. The Labute approximate surface area is 169 Å². The maximum Gasteiger partial charge on any atom is 0.416 e. The van der Waals surface area contributed by atoms with Crippen LogP contribution in [0.3, 0.4) is 0 Å². The summed E-state index contributed by atoms with van der Waals surface area (Å²) < 4.78 is 45.4. The number of hydrogen-bond acceptors (Lipinski definition) is 6. The first-order chi connectivity index (χ1) is 14.2. The number of aromatic nitrogens is 4. The van der Waals surface area contributed by atoms with E-state index < -0.39 is 23.7 Å². The van der Waals surface area contributed by atoms with Crippen LogP contribution >= 0.6 is 0 Å². The molecule has 3 aromatic rings. The molecule has 0 bridgehead atoms. The standard InChI is InChI=1S/C19H18F3N5O3/c1-11(10-28)24-17(29)15-9-23-18(16(25-15)14-7-8-27(2)26-14)30-13-5-3-12(4-6-13)19(20,21)22/h3-9,11,28H,10H2,1-2H3,(H,24,29)/t11-/m0/s1. The molecule has 0 radical (unpaired) electrons. The molecule has 158 valence electrons. The molecule has 30 heavy (non-hydrogen) atoms. The number of ether oxygens (including phenoxy) is 1. The van der Waals surface area contributed by atoms with E-state index >= 15 is 0 Å². The van der Waals surface area contributed by atoms with Gasteiger partial charge in [0.15, 0.2) is 5.69 Å². The minimum atomic E-state index is -4.46. The molecule has 2 heterocycles. The van der Waals surface area contributed by atoms with Crippen molar-refractivity contribution >= 4 is 5.91 Å². The van der Waals surface area contributed by atoms with Crippen molar-refractivity contribution < 1.29 is 27.8 Å². The van der Waals surface area contributed by atoms with Crippen LogP contribution in [0.15, 0.2) is 42.7 Å². The Morgan fingerprint density at radius 3 is 2.53 bits per heavy atom. The molecular weight excluding hydrogens is 403 g/mol. The highest BCUT2D eigenvalue weighted by Crippen LogP contribution is 2.33. The highest BCUT2D eigenvalue weighted by atomic mass is 19.4. The lowest BCUT2D eigenvalue weighted by Crippen LogP contribution is -2.35. The zero-order valence-corrected chi connectivity index (χ0v) is 16.0. The zero-order valence-electron chi connectivity index (χ0n) is 16.0. The van der Waals surface area contributed by atoms with Crippen molar-refractivity contribution in [2.75, 3.05) is 6.61 Å². The Morgan fingerprint density at radius 1 is 1.27 bits per heavy atom. The summed E-state index contributed by atoms with van der Waals surface area (Å²) in [5, 5.41) is 15.9. The maximum atomic E-state index is 12.7. The number of carbonyl (C=O) groups excluding carboxylic acids is 1. The molecule has 3 rings (SSSR count). The lowest BCUT2D eigenvalue weighted by atomic mass is 10.2. The normalized spacial score (nSPS) is 12.5. The van der Waals surface area contributed by atoms with Gasteiger partial charge in [0, 0.05) is 19.3 Å². The topological polar surface area (TPSA) is 102 Å². The second-order valence-corrected chi connectivity index (χ2v) is 6.46. The molecule has 0 aliphatic rings. The van der Waals surface area contributed by atoms with Crippen molar-refractivity contribution in [3.63, 3.8) is 0 Å². The number of carbonyl (C=O) groups is 1. The molecule has 1 atom stereocenters. The van der Waals surface area contributed by atoms with Crippen molar-refractivity contribution in [3.8, 4) is 23.0 Å². The Morgan fingerprint density at radius 2 is 1.97 bits per heavy atom. The number of benzene rings is 1. The monoisotopic (exact) mass is 421 g/mol. The van der Waals surface area contributed by atoms with Crippen LogP contribution in [0.1, 0.15) is 23.0 Å². The average Bonchev–Trinajstić information content (AvgIpc) is 3.14. The molecule has 1 amide bonds. The summed E-state index contributed by atoms with van der Waals surface area (Å²) in [6.07, 6.45) is -1.64. The van der Waals surface area contributed by atoms with E-state index in [1.54, 1.807) is 26.2 Å². The number of nitrogens with zero attached hydrogens (tertiary/aromatic N) is 4. The molecule has 0 spiro atoms. The van der Waals surface area contributed by atoms with Crippen LogP contribution in [0.4, 0.5) is 13.2 Å². The van der Waals surface area contributed by atoms with E-state index in [4.69, 9.17) is 9.84 Å². The van der Waals surface area contributed by atoms with Gasteiger partial charge in [-0.1, -0.05) is 0 Å². The van der Waals surface area contributed by atoms with Crippen molar-refractivity contribution in [2.24, 2.45) is 7.05 Å². The van der Waals surface area contributed by atoms with Gasteiger partial charge in [0.25, 0.3) is 5.91 Å². The fourth-order valence-electron chi connectivity index (χ4n) is 2.44. The van der Waals surface area contributed by atoms with Gasteiger partial charge in [0.2, 0.25) is 5.88 Å². The molecular formula is C19H18F3N5O3. The first-order valence-corrected chi connectivity index (χ1v) is 8.81. The van der Waals surface area contributed by atoms with Gasteiger partial charge in [-0.2, -0.15) is 18.3 Å². The number of aryl methyl sites for hydroxylation is 1. The molecule has 0 saturated carbocycles. The van der Waals surface area contributed by atoms with Crippen LogP contribution in [0.2, 0.25) is 0 Å². The number of aliphatic hydroxyl groups is 1. The number of rotatable bonds is 6. The predicted molar refractivity (Wildman–Crippen MR) is 99.8 cm³/mol. The van der Waals surface area contributed by atoms with Crippen LogP contribution in [-0.4, -0.2) is 43.4 Å². The minimum Gasteiger partial charge on any atom is -0.437 e. The smallest absolute Gasteiger partial charge is 0.416 e. The van der Waals surface area contributed by atoms with Gasteiger partial charge >= 0.3 is 6.18 Å². The Balaban J connectivity index is 1.94. The van der Waals surface area contributed by atoms with E-state index in [0.717, 1.165) is 24.3 Å². The average molecular weight is 421 g/mol. The second-order valence-electron chi connectivity index (χ2n) is 6.46. The van der Waals surface area contributed by atoms with Gasteiger partial charge in [-0.25, -0.2) is 9.97 Å². The largest absolute Gasteiger partial charge is 0.437 e. The Bertz CT molecular complexity index is 1030. The Kier molecular flexibility index (Phi) is 6.01. The molecule has 8 nitrogen and oxygen atoms in total. The van der Waals surface area contributed by atoms with Crippen molar-refractivity contribution in [1.82, 2.24) is 25.1 Å². The molecule has 11 heteroatoms. The SMILES string of the molecule is C[C@@H](CO)NC(=O)c1cnc(Oc2ccc(C(F)(F)F)cc2)c(-c2ccn(C)n2)n1. The van der Waals surface area contributed by atoms with Gasteiger partial charge < -0.3 is 15.2 Å². The van der Waals surface area contributed by atoms with Gasteiger partial charge in [-0.3, -0.25) is 9.48 Å². The third-order valence-electron chi connectivity index (χ3n) is 3.98. The van der Waals surface area contributed by atoms with Gasteiger partial charge in [-0.15, -0.1) is 0 Å². The van der Waals surface area contributed by atoms with Crippen LogP contribution in [0.25, 0.3) is 11.4 Å². The number of aliphatic hydroxyl groups excluding tert-OH is 1. The summed E-state index contributed by atoms with van der Waals surface area (Å²) in [7, 11) is 1.69. The summed E-state index contributed by atoms with van der Waals surface area (Å²) in [4.78, 5) is 20.7. The summed E-state index contributed by atoms with van der Waals surface area (Å²) in [6.45, 7) is 1.37.